The molecule has 0 atom stereocenters. The second-order valence-corrected chi connectivity index (χ2v) is 6.24. The number of rotatable bonds is 3. The van der Waals surface area contributed by atoms with Crippen LogP contribution < -0.4 is 5.32 Å². The van der Waals surface area contributed by atoms with E-state index in [0.717, 1.165) is 14.1 Å². The number of amides is 1. The molecule has 16 heavy (non-hydrogen) atoms. The summed E-state index contributed by atoms with van der Waals surface area (Å²) in [4.78, 5) is 11.7. The second-order valence-electron chi connectivity index (χ2n) is 3.43. The first-order chi connectivity index (χ1) is 7.66. The number of nitrogens with zero attached hydrogens (tertiary/aromatic N) is 1. The van der Waals surface area contributed by atoms with Gasteiger partial charge in [0.05, 0.1) is 15.0 Å². The maximum atomic E-state index is 11.7. The van der Waals surface area contributed by atoms with Crippen molar-refractivity contribution >= 4 is 39.8 Å². The van der Waals surface area contributed by atoms with Gasteiger partial charge in [0.25, 0.3) is 5.91 Å². The minimum absolute atomic E-state index is 0.0135. The summed E-state index contributed by atoms with van der Waals surface area (Å²) in [5, 5.41) is 4.78. The molecule has 0 aromatic carbocycles. The fourth-order valence-corrected chi connectivity index (χ4v) is 2.71. The second kappa shape index (κ2) is 5.01. The molecule has 5 heteroatoms. The average molecular weight is 346 g/mol. The summed E-state index contributed by atoms with van der Waals surface area (Å²) in [6.45, 7) is 0.564. The van der Waals surface area contributed by atoms with E-state index >= 15 is 0 Å². The summed E-state index contributed by atoms with van der Waals surface area (Å²) in [6.07, 6.45) is 1.97. The molecule has 2 heterocycles. The number of carbonyl (C=O) groups excluding carboxylic acids is 1. The molecule has 2 aromatic heterocycles. The quantitative estimate of drug-likeness (QED) is 0.852. The Morgan fingerprint density at radius 3 is 3.00 bits per heavy atom. The van der Waals surface area contributed by atoms with Crippen molar-refractivity contribution in [2.45, 2.75) is 6.54 Å². The monoisotopic (exact) mass is 346 g/mol. The van der Waals surface area contributed by atoms with Gasteiger partial charge < -0.3 is 9.88 Å². The predicted octanol–water partition coefficient (Wildman–Crippen LogP) is 2.62. The van der Waals surface area contributed by atoms with Crippen LogP contribution in [0.15, 0.2) is 29.8 Å². The zero-order valence-electron chi connectivity index (χ0n) is 8.74. The highest BCUT2D eigenvalue weighted by Gasteiger charge is 2.07. The molecule has 1 N–H and O–H groups in total. The van der Waals surface area contributed by atoms with Crippen molar-refractivity contribution in [2.75, 3.05) is 0 Å². The van der Waals surface area contributed by atoms with Crippen molar-refractivity contribution in [1.82, 2.24) is 9.88 Å². The van der Waals surface area contributed by atoms with Gasteiger partial charge in [-0.3, -0.25) is 4.79 Å². The lowest BCUT2D eigenvalue weighted by molar-refractivity contribution is 0.0950. The van der Waals surface area contributed by atoms with Crippen LogP contribution >= 0.6 is 33.9 Å². The van der Waals surface area contributed by atoms with Crippen LogP contribution in [0.4, 0.5) is 0 Å². The first-order valence-corrected chi connectivity index (χ1v) is 6.75. The van der Waals surface area contributed by atoms with E-state index in [1.807, 2.05) is 41.4 Å². The number of hydrogen-bond donors (Lipinski definition) is 1. The van der Waals surface area contributed by atoms with Crippen LogP contribution in [0.3, 0.4) is 0 Å². The van der Waals surface area contributed by atoms with Gasteiger partial charge in [0.15, 0.2) is 0 Å². The van der Waals surface area contributed by atoms with E-state index in [-0.39, 0.29) is 5.91 Å². The van der Waals surface area contributed by atoms with Gasteiger partial charge in [-0.25, -0.2) is 0 Å². The van der Waals surface area contributed by atoms with Crippen molar-refractivity contribution < 1.29 is 4.79 Å². The van der Waals surface area contributed by atoms with Crippen molar-refractivity contribution in [1.29, 1.82) is 0 Å². The molecule has 0 aliphatic carbocycles. The molecule has 0 saturated heterocycles. The molecule has 0 bridgehead atoms. The number of aryl methyl sites for hydroxylation is 1. The Labute approximate surface area is 112 Å². The van der Waals surface area contributed by atoms with Crippen LogP contribution in [0.2, 0.25) is 0 Å². The van der Waals surface area contributed by atoms with Crippen LogP contribution in [0.25, 0.3) is 0 Å². The summed E-state index contributed by atoms with van der Waals surface area (Å²) in [5.41, 5.74) is 1.84. The van der Waals surface area contributed by atoms with Gasteiger partial charge in [-0.2, -0.15) is 0 Å². The fraction of sp³-hybridized carbons (Fsp3) is 0.182. The standard InChI is InChI=1S/C11H11IN2OS/c1-14-4-2-3-9(14)6-13-11(15)8-5-10(12)16-7-8/h2-5,7H,6H2,1H3,(H,13,15). The van der Waals surface area contributed by atoms with Crippen molar-refractivity contribution in [3.05, 3.63) is 43.9 Å². The van der Waals surface area contributed by atoms with Crippen LogP contribution in [-0.4, -0.2) is 10.5 Å². The number of thiophene rings is 1. The molecule has 0 fully saturated rings. The van der Waals surface area contributed by atoms with Crippen molar-refractivity contribution in [3.8, 4) is 0 Å². The van der Waals surface area contributed by atoms with Gasteiger partial charge in [-0.1, -0.05) is 0 Å². The number of aromatic nitrogens is 1. The maximum Gasteiger partial charge on any atom is 0.252 e. The number of halogens is 1. The van der Waals surface area contributed by atoms with Crippen LogP contribution in [0.5, 0.6) is 0 Å². The van der Waals surface area contributed by atoms with E-state index in [4.69, 9.17) is 0 Å². The van der Waals surface area contributed by atoms with E-state index in [0.29, 0.717) is 6.54 Å². The topological polar surface area (TPSA) is 34.0 Å². The van der Waals surface area contributed by atoms with Crippen LogP contribution in [0.1, 0.15) is 16.1 Å². The molecular weight excluding hydrogens is 335 g/mol. The molecule has 84 valence electrons. The SMILES string of the molecule is Cn1cccc1CNC(=O)c1csc(I)c1. The molecule has 1 amide bonds. The third-order valence-electron chi connectivity index (χ3n) is 2.31. The maximum absolute atomic E-state index is 11.7. The van der Waals surface area contributed by atoms with Gasteiger partial charge in [0, 0.05) is 24.3 Å². The third kappa shape index (κ3) is 2.65. The molecule has 0 radical (unpaired) electrons. The first kappa shape index (κ1) is 11.7. The molecular formula is C11H11IN2OS. The average Bonchev–Trinajstić information content (AvgIpc) is 2.84. The summed E-state index contributed by atoms with van der Waals surface area (Å²) in [5.74, 6) is -0.0135. The normalized spacial score (nSPS) is 10.4. The summed E-state index contributed by atoms with van der Waals surface area (Å²) in [6, 6.07) is 5.86. The lowest BCUT2D eigenvalue weighted by Gasteiger charge is -2.04. The largest absolute Gasteiger partial charge is 0.353 e. The lowest BCUT2D eigenvalue weighted by Crippen LogP contribution is -2.23. The van der Waals surface area contributed by atoms with E-state index in [2.05, 4.69) is 27.9 Å². The number of nitrogens with one attached hydrogen (secondary N) is 1. The van der Waals surface area contributed by atoms with Crippen LogP contribution in [-0.2, 0) is 13.6 Å². The highest BCUT2D eigenvalue weighted by molar-refractivity contribution is 14.1. The first-order valence-electron chi connectivity index (χ1n) is 4.79. The summed E-state index contributed by atoms with van der Waals surface area (Å²) < 4.78 is 3.12. The van der Waals surface area contributed by atoms with Gasteiger partial charge in [-0.05, 0) is 40.8 Å². The Kier molecular flexibility index (Phi) is 3.65. The minimum atomic E-state index is -0.0135. The lowest BCUT2D eigenvalue weighted by atomic mass is 10.3. The Hall–Kier alpha value is -0.820. The third-order valence-corrected chi connectivity index (χ3v) is 4.10. The zero-order valence-corrected chi connectivity index (χ0v) is 11.7. The van der Waals surface area contributed by atoms with Gasteiger partial charge >= 0.3 is 0 Å². The molecule has 0 aliphatic heterocycles. The molecule has 2 aromatic rings. The van der Waals surface area contributed by atoms with E-state index < -0.39 is 0 Å². The number of carbonyl (C=O) groups is 1. The summed E-state index contributed by atoms with van der Waals surface area (Å²) in [7, 11) is 1.97. The highest BCUT2D eigenvalue weighted by atomic mass is 127. The molecule has 0 unspecified atom stereocenters. The van der Waals surface area contributed by atoms with Gasteiger partial charge in [0.2, 0.25) is 0 Å². The Morgan fingerprint density at radius 2 is 2.44 bits per heavy atom. The Bertz CT molecular complexity index is 504. The predicted molar refractivity (Wildman–Crippen MR) is 73.6 cm³/mol. The summed E-state index contributed by atoms with van der Waals surface area (Å²) >= 11 is 3.79. The fourth-order valence-electron chi connectivity index (χ4n) is 1.38. The molecule has 0 spiro atoms. The Morgan fingerprint density at radius 1 is 1.62 bits per heavy atom. The molecule has 2 rings (SSSR count). The Balaban J connectivity index is 1.96. The van der Waals surface area contributed by atoms with Gasteiger partial charge in [-0.15, -0.1) is 11.3 Å². The van der Waals surface area contributed by atoms with E-state index in [9.17, 15) is 4.79 Å². The van der Waals surface area contributed by atoms with Crippen LogP contribution in [0, 0.1) is 2.88 Å². The van der Waals surface area contributed by atoms with Crippen molar-refractivity contribution in [3.63, 3.8) is 0 Å². The van der Waals surface area contributed by atoms with Crippen molar-refractivity contribution in [2.24, 2.45) is 7.05 Å². The minimum Gasteiger partial charge on any atom is -0.353 e. The van der Waals surface area contributed by atoms with E-state index in [1.165, 1.54) is 0 Å². The molecule has 3 nitrogen and oxygen atoms in total. The molecule has 0 aliphatic rings. The van der Waals surface area contributed by atoms with Gasteiger partial charge in [0.1, 0.15) is 0 Å². The van der Waals surface area contributed by atoms with E-state index in [1.54, 1.807) is 11.3 Å². The zero-order chi connectivity index (χ0) is 11.5. The smallest absolute Gasteiger partial charge is 0.252 e. The molecule has 0 saturated carbocycles. The number of hydrogen-bond acceptors (Lipinski definition) is 2. The highest BCUT2D eigenvalue weighted by Crippen LogP contribution is 2.16.